The molecule has 88 valence electrons. The highest BCUT2D eigenvalue weighted by Crippen LogP contribution is 2.19. The zero-order valence-corrected chi connectivity index (χ0v) is 9.32. The number of aliphatic hydroxyl groups is 1. The Morgan fingerprint density at radius 1 is 1.56 bits per heavy atom. The van der Waals surface area contributed by atoms with E-state index in [2.05, 4.69) is 6.58 Å². The molecule has 0 aromatic heterocycles. The summed E-state index contributed by atoms with van der Waals surface area (Å²) in [7, 11) is 0. The third-order valence-corrected chi connectivity index (χ3v) is 2.52. The number of amides is 1. The highest BCUT2D eigenvalue weighted by Gasteiger charge is 2.24. The number of hydrogen-bond donors (Lipinski definition) is 1. The second-order valence-electron chi connectivity index (χ2n) is 3.68. The van der Waals surface area contributed by atoms with Crippen molar-refractivity contribution in [3.63, 3.8) is 0 Å². The van der Waals surface area contributed by atoms with E-state index in [0.29, 0.717) is 37.9 Å². The van der Waals surface area contributed by atoms with Crippen molar-refractivity contribution in [2.24, 2.45) is 0 Å². The van der Waals surface area contributed by atoms with Crippen molar-refractivity contribution in [1.82, 2.24) is 4.90 Å². The van der Waals surface area contributed by atoms with E-state index in [1.54, 1.807) is 6.08 Å². The molecule has 1 N–H and O–H groups in total. The van der Waals surface area contributed by atoms with Crippen LogP contribution in [0.15, 0.2) is 24.4 Å². The summed E-state index contributed by atoms with van der Waals surface area (Å²) in [5.41, 5.74) is 0.489. The van der Waals surface area contributed by atoms with Gasteiger partial charge in [0.15, 0.2) is 5.78 Å². The van der Waals surface area contributed by atoms with E-state index >= 15 is 0 Å². The van der Waals surface area contributed by atoms with Crippen molar-refractivity contribution in [3.05, 3.63) is 24.4 Å². The first-order chi connectivity index (χ1) is 7.70. The molecule has 1 aliphatic rings. The predicted molar refractivity (Wildman–Crippen MR) is 60.6 cm³/mol. The first-order valence-electron chi connectivity index (χ1n) is 5.49. The van der Waals surface area contributed by atoms with Crippen LogP contribution in [0.5, 0.6) is 0 Å². The number of Topliss-reactive ketones (excluding diaryl/α,β-unsaturated/α-hetero) is 1. The minimum Gasteiger partial charge on any atom is -0.396 e. The summed E-state index contributed by atoms with van der Waals surface area (Å²) in [6.07, 6.45) is 5.50. The van der Waals surface area contributed by atoms with Gasteiger partial charge < -0.3 is 10.0 Å². The zero-order chi connectivity index (χ0) is 12.0. The second-order valence-corrected chi connectivity index (χ2v) is 3.68. The van der Waals surface area contributed by atoms with Crippen molar-refractivity contribution >= 4 is 11.7 Å². The van der Waals surface area contributed by atoms with Crippen LogP contribution in [0.25, 0.3) is 0 Å². The first-order valence-corrected chi connectivity index (χ1v) is 5.49. The smallest absolute Gasteiger partial charge is 0.250 e. The summed E-state index contributed by atoms with van der Waals surface area (Å²) < 4.78 is 0. The molecule has 0 aliphatic heterocycles. The standard InChI is InChI=1S/C12H17NO3/c1-2-12(16)13(8-3-4-9-14)10-6-5-7-11(10)15/h2,6,14H,1,3-5,7-9H2. The fourth-order valence-corrected chi connectivity index (χ4v) is 1.68. The lowest BCUT2D eigenvalue weighted by atomic mass is 10.2. The Labute approximate surface area is 95.2 Å². The third-order valence-electron chi connectivity index (χ3n) is 2.52. The number of unbranched alkanes of at least 4 members (excludes halogenated alkanes) is 1. The lowest BCUT2D eigenvalue weighted by Gasteiger charge is -2.21. The number of carbonyl (C=O) groups excluding carboxylic acids is 2. The van der Waals surface area contributed by atoms with Crippen LogP contribution in [-0.2, 0) is 9.59 Å². The average molecular weight is 223 g/mol. The largest absolute Gasteiger partial charge is 0.396 e. The van der Waals surface area contributed by atoms with Crippen LogP contribution in [0.3, 0.4) is 0 Å². The molecule has 4 heteroatoms. The molecule has 0 fully saturated rings. The van der Waals surface area contributed by atoms with Crippen molar-refractivity contribution in [1.29, 1.82) is 0 Å². The highest BCUT2D eigenvalue weighted by atomic mass is 16.3. The van der Waals surface area contributed by atoms with Gasteiger partial charge in [-0.25, -0.2) is 0 Å². The van der Waals surface area contributed by atoms with Crippen LogP contribution in [0.4, 0.5) is 0 Å². The van der Waals surface area contributed by atoms with Gasteiger partial charge >= 0.3 is 0 Å². The molecule has 1 rings (SSSR count). The van der Waals surface area contributed by atoms with Crippen LogP contribution < -0.4 is 0 Å². The summed E-state index contributed by atoms with van der Waals surface area (Å²) in [4.78, 5) is 24.6. The van der Waals surface area contributed by atoms with Crippen LogP contribution >= 0.6 is 0 Å². The fraction of sp³-hybridized carbons (Fsp3) is 0.500. The molecule has 0 spiro atoms. The maximum atomic E-state index is 11.6. The van der Waals surface area contributed by atoms with E-state index in [1.807, 2.05) is 0 Å². The molecule has 16 heavy (non-hydrogen) atoms. The van der Waals surface area contributed by atoms with Crippen LogP contribution in [0, 0.1) is 0 Å². The van der Waals surface area contributed by atoms with Gasteiger partial charge in [0.1, 0.15) is 0 Å². The summed E-state index contributed by atoms with van der Waals surface area (Å²) in [6.45, 7) is 3.99. The van der Waals surface area contributed by atoms with Gasteiger partial charge in [0, 0.05) is 19.6 Å². The molecule has 0 atom stereocenters. The number of rotatable bonds is 6. The summed E-state index contributed by atoms with van der Waals surface area (Å²) in [6, 6.07) is 0. The molecule has 0 aromatic carbocycles. The fourth-order valence-electron chi connectivity index (χ4n) is 1.68. The zero-order valence-electron chi connectivity index (χ0n) is 9.32. The van der Waals surface area contributed by atoms with Gasteiger partial charge in [-0.05, 0) is 25.3 Å². The minimum absolute atomic E-state index is 0.0131. The van der Waals surface area contributed by atoms with E-state index in [0.717, 1.165) is 0 Å². The molecule has 0 saturated carbocycles. The maximum Gasteiger partial charge on any atom is 0.250 e. The topological polar surface area (TPSA) is 57.6 Å². The number of allylic oxidation sites excluding steroid dienone is 2. The van der Waals surface area contributed by atoms with Gasteiger partial charge in [-0.2, -0.15) is 0 Å². The second kappa shape index (κ2) is 6.23. The lowest BCUT2D eigenvalue weighted by Crippen LogP contribution is -2.32. The molecule has 1 aliphatic carbocycles. The van der Waals surface area contributed by atoms with E-state index in [1.165, 1.54) is 11.0 Å². The third kappa shape index (κ3) is 3.03. The minimum atomic E-state index is -0.251. The number of hydrogen-bond acceptors (Lipinski definition) is 3. The normalized spacial score (nSPS) is 14.8. The van der Waals surface area contributed by atoms with Crippen LogP contribution in [-0.4, -0.2) is 34.8 Å². The number of aliphatic hydroxyl groups excluding tert-OH is 1. The van der Waals surface area contributed by atoms with Gasteiger partial charge in [0.2, 0.25) is 5.91 Å². The molecular weight excluding hydrogens is 206 g/mol. The molecule has 1 amide bonds. The van der Waals surface area contributed by atoms with E-state index in [-0.39, 0.29) is 18.3 Å². The lowest BCUT2D eigenvalue weighted by molar-refractivity contribution is -0.127. The monoisotopic (exact) mass is 223 g/mol. The Bertz CT molecular complexity index is 320. The van der Waals surface area contributed by atoms with Crippen molar-refractivity contribution in [3.8, 4) is 0 Å². The molecule has 0 saturated heterocycles. The predicted octanol–water partition coefficient (Wildman–Crippen LogP) is 1.02. The first kappa shape index (κ1) is 12.6. The van der Waals surface area contributed by atoms with Gasteiger partial charge in [0.05, 0.1) is 5.70 Å². The Morgan fingerprint density at radius 3 is 2.81 bits per heavy atom. The number of nitrogens with zero attached hydrogens (tertiary/aromatic N) is 1. The van der Waals surface area contributed by atoms with E-state index in [4.69, 9.17) is 5.11 Å². The molecule has 0 radical (unpaired) electrons. The summed E-state index contributed by atoms with van der Waals surface area (Å²) >= 11 is 0. The van der Waals surface area contributed by atoms with Gasteiger partial charge in [-0.3, -0.25) is 9.59 Å². The van der Waals surface area contributed by atoms with Gasteiger partial charge in [-0.1, -0.05) is 12.7 Å². The van der Waals surface area contributed by atoms with Gasteiger partial charge in [-0.15, -0.1) is 0 Å². The van der Waals surface area contributed by atoms with Crippen molar-refractivity contribution in [2.45, 2.75) is 25.7 Å². The highest BCUT2D eigenvalue weighted by molar-refractivity contribution is 6.02. The molecule has 0 bridgehead atoms. The Kier molecular flexibility index (Phi) is 4.92. The SMILES string of the molecule is C=CC(=O)N(CCCCO)C1=CCCC1=O. The molecule has 0 aromatic rings. The quantitative estimate of drug-likeness (QED) is 0.540. The molecule has 4 nitrogen and oxygen atoms in total. The molecular formula is C12H17NO3. The Morgan fingerprint density at radius 2 is 2.31 bits per heavy atom. The molecule has 0 unspecified atom stereocenters. The summed E-state index contributed by atoms with van der Waals surface area (Å²) in [5, 5.41) is 8.69. The molecule has 0 heterocycles. The number of carbonyl (C=O) groups is 2. The van der Waals surface area contributed by atoms with Gasteiger partial charge in [0.25, 0.3) is 0 Å². The summed E-state index contributed by atoms with van der Waals surface area (Å²) in [5.74, 6) is -0.237. The Hall–Kier alpha value is -1.42. The average Bonchev–Trinajstić information content (AvgIpc) is 2.70. The number of ketones is 1. The Balaban J connectivity index is 2.67. The van der Waals surface area contributed by atoms with Crippen LogP contribution in [0.2, 0.25) is 0 Å². The van der Waals surface area contributed by atoms with Crippen molar-refractivity contribution in [2.75, 3.05) is 13.2 Å². The van der Waals surface area contributed by atoms with E-state index in [9.17, 15) is 9.59 Å². The maximum absolute atomic E-state index is 11.6. The van der Waals surface area contributed by atoms with Crippen LogP contribution in [0.1, 0.15) is 25.7 Å². The van der Waals surface area contributed by atoms with E-state index < -0.39 is 0 Å². The van der Waals surface area contributed by atoms with Crippen molar-refractivity contribution < 1.29 is 14.7 Å².